The molecule has 0 aliphatic carbocycles. The number of fused-ring (bicyclic) bond motifs is 1. The molecule has 0 aliphatic heterocycles. The molecule has 1 aromatic carbocycles. The monoisotopic (exact) mass is 430 g/mol. The van der Waals surface area contributed by atoms with Crippen LogP contribution in [-0.4, -0.2) is 19.9 Å². The molecule has 140 valence electrons. The van der Waals surface area contributed by atoms with Gasteiger partial charge < -0.3 is 4.57 Å². The summed E-state index contributed by atoms with van der Waals surface area (Å²) >= 11 is 13.5. The van der Waals surface area contributed by atoms with Gasteiger partial charge in [0.1, 0.15) is 11.2 Å². The lowest BCUT2D eigenvalue weighted by molar-refractivity contribution is 0.0996. The SMILES string of the molecule is O=C(N=c1sccn1Cc1ccc(Cl)cc1Cl)c1cnc2ccccn2c1=O. The highest BCUT2D eigenvalue weighted by Gasteiger charge is 2.13. The van der Waals surface area contributed by atoms with E-state index in [-0.39, 0.29) is 5.56 Å². The van der Waals surface area contributed by atoms with E-state index in [0.717, 1.165) is 5.56 Å². The quantitative estimate of drug-likeness (QED) is 0.497. The molecular formula is C19H12Cl2N4O2S. The highest BCUT2D eigenvalue weighted by molar-refractivity contribution is 7.07. The maximum atomic E-state index is 12.6. The fraction of sp³-hybridized carbons (Fsp3) is 0.0526. The van der Waals surface area contributed by atoms with Gasteiger partial charge in [0.15, 0.2) is 4.80 Å². The zero-order chi connectivity index (χ0) is 19.7. The Morgan fingerprint density at radius 3 is 2.86 bits per heavy atom. The summed E-state index contributed by atoms with van der Waals surface area (Å²) in [5.41, 5.74) is 0.759. The van der Waals surface area contributed by atoms with Crippen molar-refractivity contribution >= 4 is 46.1 Å². The molecule has 0 bridgehead atoms. The molecule has 4 aromatic rings. The van der Waals surface area contributed by atoms with E-state index in [1.54, 1.807) is 52.7 Å². The van der Waals surface area contributed by atoms with Crippen molar-refractivity contribution in [2.24, 2.45) is 4.99 Å². The molecule has 0 atom stereocenters. The van der Waals surface area contributed by atoms with Crippen LogP contribution in [0.2, 0.25) is 10.0 Å². The molecule has 9 heteroatoms. The topological polar surface area (TPSA) is 68.7 Å². The zero-order valence-electron chi connectivity index (χ0n) is 14.3. The standard InChI is InChI=1S/C19H12Cl2N4O2S/c20-13-5-4-12(15(21)9-13)11-24-7-8-28-19(24)23-17(26)14-10-22-16-3-1-2-6-25(16)18(14)27/h1-10H,11H2. The molecule has 0 spiro atoms. The van der Waals surface area contributed by atoms with Crippen LogP contribution in [0.25, 0.3) is 5.65 Å². The Bertz CT molecular complexity index is 1320. The van der Waals surface area contributed by atoms with Crippen molar-refractivity contribution in [3.8, 4) is 0 Å². The number of benzene rings is 1. The van der Waals surface area contributed by atoms with Gasteiger partial charge in [0.2, 0.25) is 0 Å². The number of amides is 1. The number of nitrogens with zero attached hydrogens (tertiary/aromatic N) is 4. The lowest BCUT2D eigenvalue weighted by Crippen LogP contribution is -2.24. The first-order chi connectivity index (χ1) is 13.5. The summed E-state index contributed by atoms with van der Waals surface area (Å²) in [6, 6.07) is 10.4. The van der Waals surface area contributed by atoms with E-state index >= 15 is 0 Å². The Balaban J connectivity index is 1.71. The predicted octanol–water partition coefficient (Wildman–Crippen LogP) is 3.65. The molecule has 6 nitrogen and oxygen atoms in total. The van der Waals surface area contributed by atoms with Gasteiger partial charge in [0.05, 0.1) is 6.54 Å². The number of rotatable bonds is 3. The minimum absolute atomic E-state index is 0.0897. The number of hydrogen-bond acceptors (Lipinski definition) is 4. The van der Waals surface area contributed by atoms with Crippen LogP contribution in [0.5, 0.6) is 0 Å². The van der Waals surface area contributed by atoms with Crippen LogP contribution >= 0.6 is 34.5 Å². The highest BCUT2D eigenvalue weighted by Crippen LogP contribution is 2.21. The summed E-state index contributed by atoms with van der Waals surface area (Å²) in [5, 5.41) is 2.88. The molecule has 0 radical (unpaired) electrons. The second kappa shape index (κ2) is 7.71. The van der Waals surface area contributed by atoms with E-state index in [0.29, 0.717) is 27.0 Å². The number of pyridine rings is 1. The Kier molecular flexibility index (Phi) is 5.13. The lowest BCUT2D eigenvalue weighted by Gasteiger charge is -2.06. The summed E-state index contributed by atoms with van der Waals surface area (Å²) in [7, 11) is 0. The fourth-order valence-corrected chi connectivity index (χ4v) is 3.86. The molecule has 1 amide bonds. The van der Waals surface area contributed by atoms with E-state index in [4.69, 9.17) is 23.2 Å². The minimum atomic E-state index is -0.644. The summed E-state index contributed by atoms with van der Waals surface area (Å²) in [6.45, 7) is 0.417. The van der Waals surface area contributed by atoms with Crippen LogP contribution in [0.3, 0.4) is 0 Å². The van der Waals surface area contributed by atoms with Gasteiger partial charge in [0, 0.05) is 34.0 Å². The van der Waals surface area contributed by atoms with Gasteiger partial charge >= 0.3 is 0 Å². The smallest absolute Gasteiger partial charge is 0.286 e. The average molecular weight is 431 g/mol. The van der Waals surface area contributed by atoms with E-state index in [1.807, 2.05) is 6.07 Å². The zero-order valence-corrected chi connectivity index (χ0v) is 16.6. The average Bonchev–Trinajstić information content (AvgIpc) is 3.11. The third-order valence-corrected chi connectivity index (χ3v) is 5.44. The van der Waals surface area contributed by atoms with Gasteiger partial charge in [-0.25, -0.2) is 4.98 Å². The van der Waals surface area contributed by atoms with Crippen molar-refractivity contribution < 1.29 is 4.79 Å². The number of aromatic nitrogens is 3. The van der Waals surface area contributed by atoms with Gasteiger partial charge in [0.25, 0.3) is 11.5 Å². The Labute approximate surface area is 173 Å². The largest absolute Gasteiger partial charge is 0.319 e. The van der Waals surface area contributed by atoms with Gasteiger partial charge in [-0.1, -0.05) is 35.3 Å². The van der Waals surface area contributed by atoms with Gasteiger partial charge in [-0.2, -0.15) is 4.99 Å². The minimum Gasteiger partial charge on any atom is -0.319 e. The molecular weight excluding hydrogens is 419 g/mol. The van der Waals surface area contributed by atoms with Crippen LogP contribution in [0, 0.1) is 0 Å². The van der Waals surface area contributed by atoms with Gasteiger partial charge in [-0.05, 0) is 29.8 Å². The first-order valence-electron chi connectivity index (χ1n) is 8.16. The second-order valence-corrected chi connectivity index (χ2v) is 7.59. The van der Waals surface area contributed by atoms with Crippen molar-refractivity contribution in [2.45, 2.75) is 6.54 Å². The Morgan fingerprint density at radius 1 is 1.18 bits per heavy atom. The maximum absolute atomic E-state index is 12.6. The first kappa shape index (κ1) is 18.6. The third kappa shape index (κ3) is 3.64. The molecule has 3 aromatic heterocycles. The van der Waals surface area contributed by atoms with E-state index in [9.17, 15) is 9.59 Å². The first-order valence-corrected chi connectivity index (χ1v) is 9.80. The summed E-state index contributed by atoms with van der Waals surface area (Å²) in [4.78, 5) is 33.9. The van der Waals surface area contributed by atoms with Crippen LogP contribution < -0.4 is 10.4 Å². The molecule has 0 fully saturated rings. The van der Waals surface area contributed by atoms with Crippen LogP contribution in [0.4, 0.5) is 0 Å². The van der Waals surface area contributed by atoms with E-state index in [1.165, 1.54) is 21.9 Å². The number of thiazole rings is 1. The number of hydrogen-bond donors (Lipinski definition) is 0. The predicted molar refractivity (Wildman–Crippen MR) is 109 cm³/mol. The van der Waals surface area contributed by atoms with Crippen molar-refractivity contribution in [3.63, 3.8) is 0 Å². The molecule has 0 aliphatic rings. The van der Waals surface area contributed by atoms with E-state index in [2.05, 4.69) is 9.98 Å². The van der Waals surface area contributed by atoms with Crippen LogP contribution in [-0.2, 0) is 6.54 Å². The summed E-state index contributed by atoms with van der Waals surface area (Å²) in [6.07, 6.45) is 4.63. The Hall–Kier alpha value is -2.74. The third-order valence-electron chi connectivity index (χ3n) is 4.06. The van der Waals surface area contributed by atoms with Gasteiger partial charge in [-0.15, -0.1) is 11.3 Å². The second-order valence-electron chi connectivity index (χ2n) is 5.87. The van der Waals surface area contributed by atoms with Crippen molar-refractivity contribution in [3.05, 3.63) is 96.7 Å². The molecule has 0 saturated heterocycles. The Morgan fingerprint density at radius 2 is 2.04 bits per heavy atom. The van der Waals surface area contributed by atoms with Crippen molar-refractivity contribution in [2.75, 3.05) is 0 Å². The van der Waals surface area contributed by atoms with E-state index < -0.39 is 11.5 Å². The number of carbonyl (C=O) groups excluding carboxylic acids is 1. The molecule has 4 rings (SSSR count). The fourth-order valence-electron chi connectivity index (χ4n) is 2.66. The normalized spacial score (nSPS) is 11.9. The van der Waals surface area contributed by atoms with Crippen molar-refractivity contribution in [1.29, 1.82) is 0 Å². The molecule has 0 unspecified atom stereocenters. The molecule has 3 heterocycles. The number of carbonyl (C=O) groups is 1. The van der Waals surface area contributed by atoms with Crippen LogP contribution in [0.15, 0.2) is 70.2 Å². The van der Waals surface area contributed by atoms with Crippen LogP contribution in [0.1, 0.15) is 15.9 Å². The lowest BCUT2D eigenvalue weighted by atomic mass is 10.2. The van der Waals surface area contributed by atoms with Crippen molar-refractivity contribution in [1.82, 2.24) is 14.0 Å². The molecule has 0 saturated carbocycles. The number of halogens is 2. The summed E-state index contributed by atoms with van der Waals surface area (Å²) < 4.78 is 3.10. The molecule has 28 heavy (non-hydrogen) atoms. The molecule has 0 N–H and O–H groups in total. The van der Waals surface area contributed by atoms with Gasteiger partial charge in [-0.3, -0.25) is 14.0 Å². The summed E-state index contributed by atoms with van der Waals surface area (Å²) in [5.74, 6) is -0.644. The highest BCUT2D eigenvalue weighted by atomic mass is 35.5. The maximum Gasteiger partial charge on any atom is 0.286 e.